The fourth-order valence-electron chi connectivity index (χ4n) is 4.98. The number of carbonyl (C=O) groups is 2. The zero-order valence-corrected chi connectivity index (χ0v) is 24.0. The van der Waals surface area contributed by atoms with Crippen molar-refractivity contribution in [2.24, 2.45) is 0 Å². The first-order valence-electron chi connectivity index (χ1n) is 12.1. The zero-order chi connectivity index (χ0) is 27.2. The number of thiophene rings is 1. The van der Waals surface area contributed by atoms with Crippen LogP contribution >= 0.6 is 22.9 Å². The molecule has 0 radical (unpaired) electrons. The van der Waals surface area contributed by atoms with Crippen molar-refractivity contribution in [1.82, 2.24) is 9.62 Å². The van der Waals surface area contributed by atoms with E-state index in [9.17, 15) is 18.0 Å². The van der Waals surface area contributed by atoms with Crippen molar-refractivity contribution in [2.75, 3.05) is 38.2 Å². The Morgan fingerprint density at radius 1 is 1.22 bits per heavy atom. The number of nitrogens with one attached hydrogen (secondary N) is 2. The summed E-state index contributed by atoms with van der Waals surface area (Å²) in [6.45, 7) is 11.1. The van der Waals surface area contributed by atoms with Gasteiger partial charge in [0, 0.05) is 34.6 Å². The van der Waals surface area contributed by atoms with E-state index in [2.05, 4.69) is 24.5 Å². The van der Waals surface area contributed by atoms with Gasteiger partial charge >= 0.3 is 5.97 Å². The third-order valence-corrected chi connectivity index (χ3v) is 10.2. The number of amides is 1. The highest BCUT2D eigenvalue weighted by atomic mass is 35.5. The molecule has 2 aliphatic rings. The topological polar surface area (TPSA) is 114 Å². The fraction of sp³-hybridized carbons (Fsp3) is 0.520. The summed E-state index contributed by atoms with van der Waals surface area (Å²) in [6.07, 6.45) is 0.579. The Balaban J connectivity index is 1.71. The molecule has 12 heteroatoms. The van der Waals surface area contributed by atoms with Crippen molar-refractivity contribution < 1.29 is 27.5 Å². The number of halogens is 1. The first-order valence-corrected chi connectivity index (χ1v) is 14.7. The third-order valence-electron chi connectivity index (χ3n) is 6.33. The number of rotatable bonds is 6. The molecule has 1 saturated heterocycles. The van der Waals surface area contributed by atoms with Crippen molar-refractivity contribution in [1.29, 1.82) is 0 Å². The normalized spacial score (nSPS) is 19.2. The molecule has 0 aliphatic carbocycles. The van der Waals surface area contributed by atoms with Crippen LogP contribution in [0.4, 0.5) is 5.00 Å². The Labute approximate surface area is 226 Å². The molecule has 37 heavy (non-hydrogen) atoms. The van der Waals surface area contributed by atoms with E-state index in [4.69, 9.17) is 21.1 Å². The lowest BCUT2D eigenvalue weighted by atomic mass is 9.81. The Morgan fingerprint density at radius 2 is 1.89 bits per heavy atom. The van der Waals surface area contributed by atoms with Crippen LogP contribution in [-0.4, -0.2) is 63.0 Å². The number of anilines is 1. The SMILES string of the molecule is CCOC(=O)c1c(NC(=O)c2ccc(Cl)c(S(=O)(=O)N3CCOCC3)c2)sc2c1CC(C)(C)NC2(C)C. The van der Waals surface area contributed by atoms with Crippen molar-refractivity contribution >= 4 is 49.8 Å². The van der Waals surface area contributed by atoms with Gasteiger partial charge in [-0.15, -0.1) is 11.3 Å². The van der Waals surface area contributed by atoms with E-state index in [1.807, 2.05) is 13.8 Å². The minimum Gasteiger partial charge on any atom is -0.462 e. The summed E-state index contributed by atoms with van der Waals surface area (Å²) in [7, 11) is -3.92. The summed E-state index contributed by atoms with van der Waals surface area (Å²) in [4.78, 5) is 27.2. The molecule has 2 N–H and O–H groups in total. The predicted molar refractivity (Wildman–Crippen MR) is 143 cm³/mol. The van der Waals surface area contributed by atoms with E-state index in [0.717, 1.165) is 10.4 Å². The standard InChI is InChI=1S/C25H32ClN3O6S2/c1-6-35-23(31)19-16-14-24(2,3)28-25(4,5)20(16)36-22(19)27-21(30)15-7-8-17(26)18(13-15)37(32,33)29-9-11-34-12-10-29/h7-8,13,28H,6,9-12,14H2,1-5H3,(H,27,30). The Bertz CT molecular complexity index is 1330. The Kier molecular flexibility index (Phi) is 7.77. The molecule has 0 saturated carbocycles. The average Bonchev–Trinajstić information content (AvgIpc) is 3.17. The zero-order valence-electron chi connectivity index (χ0n) is 21.6. The summed E-state index contributed by atoms with van der Waals surface area (Å²) >= 11 is 7.58. The van der Waals surface area contributed by atoms with E-state index in [1.165, 1.54) is 33.8 Å². The molecule has 0 spiro atoms. The number of ether oxygens (including phenoxy) is 2. The maximum atomic E-state index is 13.4. The number of benzene rings is 1. The van der Waals surface area contributed by atoms with Gasteiger partial charge in [-0.25, -0.2) is 13.2 Å². The molecule has 3 heterocycles. The van der Waals surface area contributed by atoms with Crippen molar-refractivity contribution in [3.63, 3.8) is 0 Å². The summed E-state index contributed by atoms with van der Waals surface area (Å²) in [5, 5.41) is 6.84. The molecule has 0 unspecified atom stereocenters. The van der Waals surface area contributed by atoms with E-state index < -0.39 is 27.4 Å². The minimum atomic E-state index is -3.92. The molecule has 1 fully saturated rings. The second kappa shape index (κ2) is 10.3. The van der Waals surface area contributed by atoms with E-state index >= 15 is 0 Å². The number of hydrogen-bond acceptors (Lipinski definition) is 8. The van der Waals surface area contributed by atoms with Crippen LogP contribution < -0.4 is 10.6 Å². The quantitative estimate of drug-likeness (QED) is 0.505. The number of hydrogen-bond donors (Lipinski definition) is 2. The van der Waals surface area contributed by atoms with Gasteiger partial charge in [0.15, 0.2) is 0 Å². The highest BCUT2D eigenvalue weighted by molar-refractivity contribution is 7.89. The molecule has 202 valence electrons. The predicted octanol–water partition coefficient (Wildman–Crippen LogP) is 4.01. The molecule has 1 amide bonds. The van der Waals surface area contributed by atoms with Crippen LogP contribution in [0.2, 0.25) is 5.02 Å². The van der Waals surface area contributed by atoms with Gasteiger partial charge in [0.1, 0.15) is 9.90 Å². The van der Waals surface area contributed by atoms with Crippen LogP contribution in [0.3, 0.4) is 0 Å². The minimum absolute atomic E-state index is 0.0249. The molecule has 2 aromatic rings. The van der Waals surface area contributed by atoms with Crippen LogP contribution in [-0.2, 0) is 31.5 Å². The monoisotopic (exact) mass is 569 g/mol. The van der Waals surface area contributed by atoms with Gasteiger partial charge < -0.3 is 20.1 Å². The lowest BCUT2D eigenvalue weighted by molar-refractivity contribution is 0.0525. The number of carbonyl (C=O) groups excluding carboxylic acids is 2. The highest BCUT2D eigenvalue weighted by Gasteiger charge is 2.42. The number of fused-ring (bicyclic) bond motifs is 1. The average molecular weight is 570 g/mol. The fourth-order valence-corrected chi connectivity index (χ4v) is 8.15. The molecule has 0 atom stereocenters. The number of nitrogens with zero attached hydrogens (tertiary/aromatic N) is 1. The summed E-state index contributed by atoms with van der Waals surface area (Å²) < 4.78 is 38.3. The Morgan fingerprint density at radius 3 is 2.54 bits per heavy atom. The molecule has 0 bridgehead atoms. The first kappa shape index (κ1) is 28.0. The van der Waals surface area contributed by atoms with Gasteiger partial charge in [-0.05, 0) is 64.8 Å². The van der Waals surface area contributed by atoms with E-state index in [-0.39, 0.29) is 40.7 Å². The van der Waals surface area contributed by atoms with Gasteiger partial charge in [0.05, 0.1) is 30.4 Å². The molecule has 1 aromatic carbocycles. The third kappa shape index (κ3) is 5.57. The van der Waals surface area contributed by atoms with Gasteiger partial charge in [0.25, 0.3) is 5.91 Å². The smallest absolute Gasteiger partial charge is 0.341 e. The van der Waals surface area contributed by atoms with Crippen molar-refractivity contribution in [2.45, 2.75) is 57.0 Å². The maximum absolute atomic E-state index is 13.4. The summed E-state index contributed by atoms with van der Waals surface area (Å²) in [6, 6.07) is 4.13. The van der Waals surface area contributed by atoms with Crippen LogP contribution in [0.15, 0.2) is 23.1 Å². The number of esters is 1. The van der Waals surface area contributed by atoms with Gasteiger partial charge in [-0.1, -0.05) is 11.6 Å². The van der Waals surface area contributed by atoms with E-state index in [0.29, 0.717) is 30.2 Å². The molecule has 9 nitrogen and oxygen atoms in total. The molecular weight excluding hydrogens is 538 g/mol. The Hall–Kier alpha value is -2.02. The number of morpholine rings is 1. The van der Waals surface area contributed by atoms with Crippen LogP contribution in [0.25, 0.3) is 0 Å². The van der Waals surface area contributed by atoms with Gasteiger partial charge in [0.2, 0.25) is 10.0 Å². The maximum Gasteiger partial charge on any atom is 0.341 e. The summed E-state index contributed by atoms with van der Waals surface area (Å²) in [5.74, 6) is -1.06. The second-order valence-electron chi connectivity index (χ2n) is 10.3. The lowest BCUT2D eigenvalue weighted by Gasteiger charge is -2.42. The van der Waals surface area contributed by atoms with Gasteiger partial charge in [-0.3, -0.25) is 4.79 Å². The lowest BCUT2D eigenvalue weighted by Crippen LogP contribution is -2.55. The highest BCUT2D eigenvalue weighted by Crippen LogP contribution is 2.45. The first-order chi connectivity index (χ1) is 17.3. The van der Waals surface area contributed by atoms with E-state index in [1.54, 1.807) is 6.92 Å². The number of sulfonamides is 1. The van der Waals surface area contributed by atoms with Crippen molar-refractivity contribution in [3.8, 4) is 0 Å². The van der Waals surface area contributed by atoms with Crippen LogP contribution in [0.5, 0.6) is 0 Å². The molecule has 1 aromatic heterocycles. The molecule has 2 aliphatic heterocycles. The van der Waals surface area contributed by atoms with Crippen LogP contribution in [0, 0.1) is 0 Å². The second-order valence-corrected chi connectivity index (χ2v) is 13.6. The molecule has 4 rings (SSSR count). The molecular formula is C25H32ClN3O6S2. The summed E-state index contributed by atoms with van der Waals surface area (Å²) in [5.41, 5.74) is 0.576. The van der Waals surface area contributed by atoms with Crippen molar-refractivity contribution in [3.05, 3.63) is 44.8 Å². The van der Waals surface area contributed by atoms with Crippen LogP contribution in [0.1, 0.15) is 65.8 Å². The van der Waals surface area contributed by atoms with Gasteiger partial charge in [-0.2, -0.15) is 4.31 Å². The largest absolute Gasteiger partial charge is 0.462 e.